The Hall–Kier alpha value is -1.69. The van der Waals surface area contributed by atoms with E-state index in [9.17, 15) is 0 Å². The smallest absolute Gasteiger partial charge is 0.227 e. The lowest BCUT2D eigenvalue weighted by Crippen LogP contribution is -2.07. The van der Waals surface area contributed by atoms with Crippen molar-refractivity contribution in [2.45, 2.75) is 19.9 Å². The molecule has 92 valence electrons. The SMILES string of the molecule is Cc1c(Nc2ncc(I)cn2)cnn1C(C)C#N. The Morgan fingerprint density at radius 3 is 2.67 bits per heavy atom. The van der Waals surface area contributed by atoms with Gasteiger partial charge in [0.1, 0.15) is 6.04 Å². The summed E-state index contributed by atoms with van der Waals surface area (Å²) in [6.07, 6.45) is 5.13. The summed E-state index contributed by atoms with van der Waals surface area (Å²) in [5.41, 5.74) is 1.68. The van der Waals surface area contributed by atoms with E-state index in [1.54, 1.807) is 30.2 Å². The summed E-state index contributed by atoms with van der Waals surface area (Å²) in [5.74, 6) is 0.516. The van der Waals surface area contributed by atoms with Crippen LogP contribution in [0.1, 0.15) is 18.7 Å². The van der Waals surface area contributed by atoms with Gasteiger partial charge in [0.25, 0.3) is 0 Å². The third kappa shape index (κ3) is 2.59. The molecule has 0 aliphatic rings. The van der Waals surface area contributed by atoms with Crippen LogP contribution in [-0.4, -0.2) is 19.7 Å². The van der Waals surface area contributed by atoms with E-state index in [0.717, 1.165) is 15.0 Å². The summed E-state index contributed by atoms with van der Waals surface area (Å²) in [5, 5.41) is 16.1. The van der Waals surface area contributed by atoms with E-state index >= 15 is 0 Å². The zero-order chi connectivity index (χ0) is 13.1. The predicted octanol–water partition coefficient (Wildman–Crippen LogP) is 2.41. The average molecular weight is 354 g/mol. The van der Waals surface area contributed by atoms with Crippen LogP contribution in [0.25, 0.3) is 0 Å². The molecular formula is C11H11IN6. The highest BCUT2D eigenvalue weighted by molar-refractivity contribution is 14.1. The van der Waals surface area contributed by atoms with E-state index < -0.39 is 0 Å². The molecule has 0 aliphatic carbocycles. The minimum Gasteiger partial charge on any atom is -0.321 e. The lowest BCUT2D eigenvalue weighted by molar-refractivity contribution is 0.575. The van der Waals surface area contributed by atoms with Crippen molar-refractivity contribution in [1.82, 2.24) is 19.7 Å². The third-order valence-electron chi connectivity index (χ3n) is 2.47. The van der Waals surface area contributed by atoms with E-state index in [2.05, 4.69) is 49.0 Å². The van der Waals surface area contributed by atoms with Crippen LogP contribution in [0.5, 0.6) is 0 Å². The summed E-state index contributed by atoms with van der Waals surface area (Å²) in [4.78, 5) is 8.31. The second kappa shape index (κ2) is 5.30. The van der Waals surface area contributed by atoms with Gasteiger partial charge in [0, 0.05) is 16.0 Å². The topological polar surface area (TPSA) is 79.4 Å². The van der Waals surface area contributed by atoms with Crippen molar-refractivity contribution in [3.05, 3.63) is 27.9 Å². The summed E-state index contributed by atoms with van der Waals surface area (Å²) in [7, 11) is 0. The highest BCUT2D eigenvalue weighted by Crippen LogP contribution is 2.20. The first-order valence-corrected chi connectivity index (χ1v) is 6.38. The van der Waals surface area contributed by atoms with Crippen molar-refractivity contribution in [2.24, 2.45) is 0 Å². The van der Waals surface area contributed by atoms with Crippen LogP contribution >= 0.6 is 22.6 Å². The lowest BCUT2D eigenvalue weighted by atomic mass is 10.3. The van der Waals surface area contributed by atoms with Crippen molar-refractivity contribution in [3.8, 4) is 6.07 Å². The number of nitrogens with zero attached hydrogens (tertiary/aromatic N) is 5. The Morgan fingerprint density at radius 2 is 2.06 bits per heavy atom. The largest absolute Gasteiger partial charge is 0.321 e. The van der Waals surface area contributed by atoms with Crippen LogP contribution in [0.15, 0.2) is 18.6 Å². The standard InChI is InChI=1S/C11H11IN6/c1-7(3-13)18-8(2)10(6-16-18)17-11-14-4-9(12)5-15-11/h4-7H,1-2H3,(H,14,15,17). The zero-order valence-corrected chi connectivity index (χ0v) is 12.1. The lowest BCUT2D eigenvalue weighted by Gasteiger charge is -2.07. The molecule has 0 saturated carbocycles. The summed E-state index contributed by atoms with van der Waals surface area (Å²) >= 11 is 2.15. The van der Waals surface area contributed by atoms with Crippen LogP contribution < -0.4 is 5.32 Å². The van der Waals surface area contributed by atoms with Gasteiger partial charge in [-0.1, -0.05) is 0 Å². The van der Waals surface area contributed by atoms with Gasteiger partial charge in [-0.25, -0.2) is 9.97 Å². The molecule has 0 spiro atoms. The predicted molar refractivity (Wildman–Crippen MR) is 75.3 cm³/mol. The van der Waals surface area contributed by atoms with Crippen molar-refractivity contribution in [1.29, 1.82) is 5.26 Å². The highest BCUT2D eigenvalue weighted by Gasteiger charge is 2.11. The molecule has 2 rings (SSSR count). The fourth-order valence-electron chi connectivity index (χ4n) is 1.49. The third-order valence-corrected chi connectivity index (χ3v) is 3.02. The fourth-order valence-corrected chi connectivity index (χ4v) is 1.77. The van der Waals surface area contributed by atoms with Gasteiger partial charge in [0.15, 0.2) is 0 Å². The average Bonchev–Trinajstić information content (AvgIpc) is 2.73. The Balaban J connectivity index is 2.23. The molecule has 0 aromatic carbocycles. The molecule has 2 aromatic heterocycles. The number of aromatic nitrogens is 4. The molecule has 1 N–H and O–H groups in total. The monoisotopic (exact) mass is 354 g/mol. The summed E-state index contributed by atoms with van der Waals surface area (Å²) in [6.45, 7) is 3.70. The van der Waals surface area contributed by atoms with Crippen molar-refractivity contribution < 1.29 is 0 Å². The number of nitrogens with one attached hydrogen (secondary N) is 1. The first-order valence-electron chi connectivity index (χ1n) is 5.30. The van der Waals surface area contributed by atoms with Crippen LogP contribution in [0, 0.1) is 21.8 Å². The molecule has 7 heteroatoms. The molecular weight excluding hydrogens is 343 g/mol. The first-order chi connectivity index (χ1) is 8.61. The van der Waals surface area contributed by atoms with Gasteiger partial charge in [-0.05, 0) is 36.4 Å². The molecule has 0 saturated heterocycles. The van der Waals surface area contributed by atoms with Gasteiger partial charge in [0.05, 0.1) is 23.6 Å². The van der Waals surface area contributed by atoms with E-state index in [-0.39, 0.29) is 6.04 Å². The molecule has 1 atom stereocenters. The van der Waals surface area contributed by atoms with Crippen LogP contribution in [-0.2, 0) is 0 Å². The van der Waals surface area contributed by atoms with Crippen LogP contribution in [0.3, 0.4) is 0 Å². The first kappa shape index (κ1) is 12.8. The van der Waals surface area contributed by atoms with Gasteiger partial charge in [-0.2, -0.15) is 10.4 Å². The second-order valence-electron chi connectivity index (χ2n) is 3.74. The number of halogens is 1. The molecule has 2 heterocycles. The molecule has 0 fully saturated rings. The fraction of sp³-hybridized carbons (Fsp3) is 0.273. The molecule has 18 heavy (non-hydrogen) atoms. The number of hydrogen-bond donors (Lipinski definition) is 1. The van der Waals surface area contributed by atoms with E-state index in [4.69, 9.17) is 5.26 Å². The molecule has 0 amide bonds. The Morgan fingerprint density at radius 1 is 1.39 bits per heavy atom. The van der Waals surface area contributed by atoms with E-state index in [1.807, 2.05) is 6.92 Å². The Kier molecular flexibility index (Phi) is 3.76. The van der Waals surface area contributed by atoms with Crippen molar-refractivity contribution >= 4 is 34.2 Å². The maximum atomic E-state index is 8.89. The maximum absolute atomic E-state index is 8.89. The number of anilines is 2. The van der Waals surface area contributed by atoms with Gasteiger partial charge in [0.2, 0.25) is 5.95 Å². The van der Waals surface area contributed by atoms with Crippen LogP contribution in [0.4, 0.5) is 11.6 Å². The molecule has 0 bridgehead atoms. The second-order valence-corrected chi connectivity index (χ2v) is 4.99. The van der Waals surface area contributed by atoms with Crippen LogP contribution in [0.2, 0.25) is 0 Å². The molecule has 6 nitrogen and oxygen atoms in total. The maximum Gasteiger partial charge on any atom is 0.227 e. The van der Waals surface area contributed by atoms with Gasteiger partial charge in [-0.15, -0.1) is 0 Å². The van der Waals surface area contributed by atoms with Crippen molar-refractivity contribution in [2.75, 3.05) is 5.32 Å². The highest BCUT2D eigenvalue weighted by atomic mass is 127. The minimum absolute atomic E-state index is 0.293. The van der Waals surface area contributed by atoms with E-state index in [0.29, 0.717) is 5.95 Å². The quantitative estimate of drug-likeness (QED) is 0.857. The molecule has 0 aliphatic heterocycles. The van der Waals surface area contributed by atoms with Gasteiger partial charge >= 0.3 is 0 Å². The molecule has 2 aromatic rings. The minimum atomic E-state index is -0.293. The summed E-state index contributed by atoms with van der Waals surface area (Å²) < 4.78 is 2.64. The zero-order valence-electron chi connectivity index (χ0n) is 9.92. The number of rotatable bonds is 3. The number of hydrogen-bond acceptors (Lipinski definition) is 5. The summed E-state index contributed by atoms with van der Waals surface area (Å²) in [6, 6.07) is 1.85. The van der Waals surface area contributed by atoms with E-state index in [1.165, 1.54) is 0 Å². The van der Waals surface area contributed by atoms with Gasteiger partial charge < -0.3 is 5.32 Å². The number of nitriles is 1. The Bertz CT molecular complexity index is 583. The van der Waals surface area contributed by atoms with Crippen molar-refractivity contribution in [3.63, 3.8) is 0 Å². The molecule has 1 unspecified atom stereocenters. The normalized spacial score (nSPS) is 11.9. The van der Waals surface area contributed by atoms with Gasteiger partial charge in [-0.3, -0.25) is 4.68 Å². The Labute approximate surface area is 118 Å². The molecule has 0 radical (unpaired) electrons.